The molecule has 3 N–H and O–H groups in total. The largest absolute Gasteiger partial charge is 0.369 e. The van der Waals surface area contributed by atoms with Gasteiger partial charge < -0.3 is 5.73 Å². The topological polar surface area (TPSA) is 89.3 Å². The third-order valence-corrected chi connectivity index (χ3v) is 4.41. The average Bonchev–Trinajstić information content (AvgIpc) is 2.36. The number of carbonyl (C=O) groups is 1. The molecule has 0 heterocycles. The van der Waals surface area contributed by atoms with Gasteiger partial charge in [-0.2, -0.15) is 0 Å². The predicted octanol–water partition coefficient (Wildman–Crippen LogP) is 1.10. The Kier molecular flexibility index (Phi) is 5.50. The minimum Gasteiger partial charge on any atom is -0.369 e. The summed E-state index contributed by atoms with van der Waals surface area (Å²) in [6.07, 6.45) is 0.588. The first-order chi connectivity index (χ1) is 8.85. The van der Waals surface area contributed by atoms with Crippen LogP contribution in [0.4, 0.5) is 0 Å². The van der Waals surface area contributed by atoms with Crippen LogP contribution in [-0.2, 0) is 21.4 Å². The van der Waals surface area contributed by atoms with Gasteiger partial charge in [0.05, 0.1) is 11.7 Å². The molecule has 1 rings (SSSR count). The van der Waals surface area contributed by atoms with Gasteiger partial charge in [0.15, 0.2) is 0 Å². The fourth-order valence-electron chi connectivity index (χ4n) is 1.62. The van der Waals surface area contributed by atoms with Crippen molar-refractivity contribution in [3.63, 3.8) is 0 Å². The van der Waals surface area contributed by atoms with Gasteiger partial charge in [0.25, 0.3) is 0 Å². The van der Waals surface area contributed by atoms with E-state index >= 15 is 0 Å². The number of sulfonamides is 1. The minimum atomic E-state index is -3.19. The third kappa shape index (κ3) is 5.00. The molecule has 0 aromatic heterocycles. The Morgan fingerprint density at radius 2 is 1.89 bits per heavy atom. The summed E-state index contributed by atoms with van der Waals surface area (Å²) in [4.78, 5) is 11.0. The lowest BCUT2D eigenvalue weighted by atomic mass is 9.99. The summed E-state index contributed by atoms with van der Waals surface area (Å²) >= 11 is 0. The van der Waals surface area contributed by atoms with Gasteiger partial charge in [0, 0.05) is 6.54 Å². The highest BCUT2D eigenvalue weighted by Gasteiger charge is 2.12. The summed E-state index contributed by atoms with van der Waals surface area (Å²) in [7, 11) is -3.19. The number of amides is 1. The summed E-state index contributed by atoms with van der Waals surface area (Å²) in [5.41, 5.74) is 6.90. The lowest BCUT2D eigenvalue weighted by Gasteiger charge is -2.09. The van der Waals surface area contributed by atoms with Gasteiger partial charge in [-0.15, -0.1) is 0 Å². The van der Waals surface area contributed by atoms with Crippen LogP contribution < -0.4 is 10.5 Å². The zero-order chi connectivity index (χ0) is 14.5. The normalized spacial score (nSPS) is 13.2. The zero-order valence-electron chi connectivity index (χ0n) is 11.2. The van der Waals surface area contributed by atoms with Crippen LogP contribution in [-0.4, -0.2) is 20.1 Å². The Balaban J connectivity index is 2.65. The maximum Gasteiger partial charge on any atom is 0.224 e. The number of hydrogen-bond acceptors (Lipinski definition) is 3. The zero-order valence-corrected chi connectivity index (χ0v) is 12.0. The van der Waals surface area contributed by atoms with Crippen molar-refractivity contribution in [2.45, 2.75) is 32.7 Å². The van der Waals surface area contributed by atoms with E-state index < -0.39 is 10.0 Å². The van der Waals surface area contributed by atoms with Crippen molar-refractivity contribution >= 4 is 15.9 Å². The molecule has 0 radical (unpaired) electrons. The SMILES string of the molecule is CCCS(=O)(=O)NCc1ccc(C(C)C(N)=O)cc1. The summed E-state index contributed by atoms with van der Waals surface area (Å²) in [5, 5.41) is 0. The van der Waals surface area contributed by atoms with Gasteiger partial charge in [-0.1, -0.05) is 31.2 Å². The van der Waals surface area contributed by atoms with Crippen LogP contribution in [0.3, 0.4) is 0 Å². The number of rotatable bonds is 7. The molecule has 1 aromatic carbocycles. The maximum atomic E-state index is 11.5. The molecule has 1 unspecified atom stereocenters. The second-order valence-corrected chi connectivity index (χ2v) is 6.43. The van der Waals surface area contributed by atoms with Gasteiger partial charge in [-0.3, -0.25) is 4.79 Å². The number of nitrogens with two attached hydrogens (primary N) is 1. The first-order valence-corrected chi connectivity index (χ1v) is 7.86. The molecule has 0 saturated carbocycles. The van der Waals surface area contributed by atoms with Crippen molar-refractivity contribution < 1.29 is 13.2 Å². The highest BCUT2D eigenvalue weighted by molar-refractivity contribution is 7.89. The number of hydrogen-bond donors (Lipinski definition) is 2. The second kappa shape index (κ2) is 6.68. The summed E-state index contributed by atoms with van der Waals surface area (Å²) in [6.45, 7) is 3.81. The minimum absolute atomic E-state index is 0.129. The van der Waals surface area contributed by atoms with E-state index in [-0.39, 0.29) is 24.1 Å². The van der Waals surface area contributed by atoms with Gasteiger partial charge in [-0.25, -0.2) is 13.1 Å². The average molecular weight is 284 g/mol. The van der Waals surface area contributed by atoms with E-state index in [4.69, 9.17) is 5.73 Å². The molecule has 19 heavy (non-hydrogen) atoms. The van der Waals surface area contributed by atoms with Crippen LogP contribution in [0.2, 0.25) is 0 Å². The molecule has 106 valence electrons. The van der Waals surface area contributed by atoms with Crippen LogP contribution in [0.1, 0.15) is 37.3 Å². The fraction of sp³-hybridized carbons (Fsp3) is 0.462. The highest BCUT2D eigenvalue weighted by atomic mass is 32.2. The van der Waals surface area contributed by atoms with Crippen molar-refractivity contribution in [3.8, 4) is 0 Å². The number of nitrogens with one attached hydrogen (secondary N) is 1. The van der Waals surface area contributed by atoms with Gasteiger partial charge in [-0.05, 0) is 24.5 Å². The standard InChI is InChI=1S/C13H20N2O3S/c1-3-8-19(17,18)15-9-11-4-6-12(7-5-11)10(2)13(14)16/h4-7,10,15H,3,8-9H2,1-2H3,(H2,14,16). The van der Waals surface area contributed by atoms with Crippen LogP contribution >= 0.6 is 0 Å². The number of carbonyl (C=O) groups excluding carboxylic acids is 1. The molecule has 5 nitrogen and oxygen atoms in total. The van der Waals surface area contributed by atoms with Crippen LogP contribution in [0, 0.1) is 0 Å². The van der Waals surface area contributed by atoms with E-state index in [1.54, 1.807) is 31.2 Å². The van der Waals surface area contributed by atoms with Crippen LogP contribution in [0.5, 0.6) is 0 Å². The molecule has 0 fully saturated rings. The molecule has 0 saturated heterocycles. The Bertz CT molecular complexity index is 523. The number of benzene rings is 1. The quantitative estimate of drug-likeness (QED) is 0.786. The van der Waals surface area contributed by atoms with Crippen molar-refractivity contribution in [2.24, 2.45) is 5.73 Å². The third-order valence-electron chi connectivity index (χ3n) is 2.88. The fourth-order valence-corrected chi connectivity index (χ4v) is 2.69. The predicted molar refractivity (Wildman–Crippen MR) is 75.0 cm³/mol. The van der Waals surface area contributed by atoms with Gasteiger partial charge in [0.1, 0.15) is 0 Å². The van der Waals surface area contributed by atoms with E-state index in [0.717, 1.165) is 11.1 Å². The van der Waals surface area contributed by atoms with Gasteiger partial charge >= 0.3 is 0 Å². The van der Waals surface area contributed by atoms with E-state index in [1.165, 1.54) is 0 Å². The molecule has 0 spiro atoms. The molecule has 6 heteroatoms. The van der Waals surface area contributed by atoms with Crippen molar-refractivity contribution in [1.29, 1.82) is 0 Å². The first-order valence-electron chi connectivity index (χ1n) is 6.21. The Hall–Kier alpha value is -1.40. The second-order valence-electron chi connectivity index (χ2n) is 4.51. The Labute approximate surface area is 114 Å². The molecule has 0 aliphatic heterocycles. The van der Waals surface area contributed by atoms with Crippen molar-refractivity contribution in [2.75, 3.05) is 5.75 Å². The molecule has 1 aromatic rings. The van der Waals surface area contributed by atoms with E-state index in [9.17, 15) is 13.2 Å². The molecule has 1 atom stereocenters. The van der Waals surface area contributed by atoms with Gasteiger partial charge in [0.2, 0.25) is 15.9 Å². The first kappa shape index (κ1) is 15.7. The van der Waals surface area contributed by atoms with Crippen molar-refractivity contribution in [1.82, 2.24) is 4.72 Å². The summed E-state index contributed by atoms with van der Waals surface area (Å²) in [6, 6.07) is 7.17. The molecule has 0 bridgehead atoms. The van der Waals surface area contributed by atoms with E-state index in [2.05, 4.69) is 4.72 Å². The van der Waals surface area contributed by atoms with E-state index in [1.807, 2.05) is 6.92 Å². The lowest BCUT2D eigenvalue weighted by Crippen LogP contribution is -2.25. The summed E-state index contributed by atoms with van der Waals surface area (Å²) < 4.78 is 25.5. The molecule has 1 amide bonds. The lowest BCUT2D eigenvalue weighted by molar-refractivity contribution is -0.119. The van der Waals surface area contributed by atoms with Crippen molar-refractivity contribution in [3.05, 3.63) is 35.4 Å². The Morgan fingerprint density at radius 1 is 1.32 bits per heavy atom. The smallest absolute Gasteiger partial charge is 0.224 e. The van der Waals surface area contributed by atoms with Crippen LogP contribution in [0.15, 0.2) is 24.3 Å². The molecular weight excluding hydrogens is 264 g/mol. The summed E-state index contributed by atoms with van der Waals surface area (Å²) in [5.74, 6) is -0.591. The molecule has 0 aliphatic carbocycles. The van der Waals surface area contributed by atoms with Crippen LogP contribution in [0.25, 0.3) is 0 Å². The Morgan fingerprint density at radius 3 is 2.37 bits per heavy atom. The van der Waals surface area contributed by atoms with E-state index in [0.29, 0.717) is 6.42 Å². The maximum absolute atomic E-state index is 11.5. The highest BCUT2D eigenvalue weighted by Crippen LogP contribution is 2.15. The molecular formula is C13H20N2O3S. The monoisotopic (exact) mass is 284 g/mol. The number of primary amides is 1. The molecule has 0 aliphatic rings.